The van der Waals surface area contributed by atoms with Crippen LogP contribution >= 0.6 is 0 Å². The Bertz CT molecular complexity index is 1200. The van der Waals surface area contributed by atoms with Crippen molar-refractivity contribution in [3.63, 3.8) is 0 Å². The number of amides is 1. The number of benzene rings is 1. The number of aromatic nitrogens is 4. The van der Waals surface area contributed by atoms with Crippen LogP contribution in [0.1, 0.15) is 60.9 Å². The number of methoxy groups -OCH3 is 1. The van der Waals surface area contributed by atoms with Gasteiger partial charge in [0, 0.05) is 18.0 Å². The van der Waals surface area contributed by atoms with Crippen molar-refractivity contribution in [2.24, 2.45) is 0 Å². The Morgan fingerprint density at radius 1 is 1.19 bits per heavy atom. The average molecular weight is 506 g/mol. The van der Waals surface area contributed by atoms with E-state index >= 15 is 0 Å². The minimum atomic E-state index is -2.96. The summed E-state index contributed by atoms with van der Waals surface area (Å²) in [5.41, 5.74) is 2.56. The first-order valence-corrected chi connectivity index (χ1v) is 11.1. The van der Waals surface area contributed by atoms with Gasteiger partial charge in [-0.3, -0.25) is 10.2 Å². The molecule has 1 amide bonds. The van der Waals surface area contributed by atoms with Crippen LogP contribution in [-0.2, 0) is 14.3 Å². The quantitative estimate of drug-likeness (QED) is 0.450. The van der Waals surface area contributed by atoms with E-state index in [1.807, 2.05) is 0 Å². The van der Waals surface area contributed by atoms with Crippen molar-refractivity contribution in [1.82, 2.24) is 19.6 Å². The third-order valence-electron chi connectivity index (χ3n) is 5.66. The predicted molar refractivity (Wildman–Crippen MR) is 122 cm³/mol. The zero-order valence-electron chi connectivity index (χ0n) is 19.7. The lowest BCUT2D eigenvalue weighted by Crippen LogP contribution is -2.28. The Hall–Kier alpha value is -3.71. The van der Waals surface area contributed by atoms with E-state index in [2.05, 4.69) is 25.7 Å². The van der Waals surface area contributed by atoms with Gasteiger partial charge in [-0.2, -0.15) is 9.97 Å². The number of carbonyl (C=O) groups excluding carboxylic acids is 1. The van der Waals surface area contributed by atoms with Gasteiger partial charge in [-0.25, -0.2) is 22.8 Å². The summed E-state index contributed by atoms with van der Waals surface area (Å²) < 4.78 is 59.3. The molecular weight excluding hydrogens is 481 g/mol. The zero-order chi connectivity index (χ0) is 25.8. The summed E-state index contributed by atoms with van der Waals surface area (Å²) >= 11 is 0. The van der Waals surface area contributed by atoms with Crippen LogP contribution in [-0.4, -0.2) is 45.9 Å². The molecule has 0 bridgehead atoms. The van der Waals surface area contributed by atoms with Gasteiger partial charge in [0.05, 0.1) is 49.1 Å². The van der Waals surface area contributed by atoms with Crippen LogP contribution in [0.4, 0.5) is 19.0 Å². The molecule has 36 heavy (non-hydrogen) atoms. The van der Waals surface area contributed by atoms with Gasteiger partial charge in [0.2, 0.25) is 5.91 Å². The standard InChI is InChI=1S/C23H25F3N6O4/c1-12(21(33)31-32-8-7-27-11-32)18-16(22-35-9-10-36-22)20(30-23(29-18)34-3)28-13(2)14-5-4-6-15(17(14)24)19(25)26/h4-8,11-13,19,22H,9-10H2,1-3H3,(H,31,33)(H,28,29,30)/t12?,13-/m1/s1. The lowest BCUT2D eigenvalue weighted by atomic mass is 10.00. The third-order valence-corrected chi connectivity index (χ3v) is 5.66. The largest absolute Gasteiger partial charge is 0.467 e. The number of nitrogens with one attached hydrogen (secondary N) is 2. The Morgan fingerprint density at radius 2 is 1.92 bits per heavy atom. The Kier molecular flexibility index (Phi) is 7.70. The van der Waals surface area contributed by atoms with Crippen molar-refractivity contribution >= 4 is 11.7 Å². The second-order valence-electron chi connectivity index (χ2n) is 8.02. The monoisotopic (exact) mass is 506 g/mol. The molecule has 10 nitrogen and oxygen atoms in total. The highest BCUT2D eigenvalue weighted by atomic mass is 19.3. The average Bonchev–Trinajstić information content (AvgIpc) is 3.57. The minimum Gasteiger partial charge on any atom is -0.467 e. The van der Waals surface area contributed by atoms with Crippen molar-refractivity contribution in [2.45, 2.75) is 38.5 Å². The lowest BCUT2D eigenvalue weighted by Gasteiger charge is -2.24. The van der Waals surface area contributed by atoms with E-state index in [-0.39, 0.29) is 23.1 Å². The SMILES string of the molecule is COc1nc(N[C@H](C)c2cccc(C(F)F)c2F)c(C2OCCO2)c(C(C)C(=O)Nn2ccnc2)n1. The van der Waals surface area contributed by atoms with E-state index in [0.717, 1.165) is 6.07 Å². The fourth-order valence-corrected chi connectivity index (χ4v) is 3.78. The summed E-state index contributed by atoms with van der Waals surface area (Å²) in [6.07, 6.45) is 0.614. The van der Waals surface area contributed by atoms with Crippen LogP contribution in [0.5, 0.6) is 6.01 Å². The smallest absolute Gasteiger partial charge is 0.318 e. The third kappa shape index (κ3) is 5.26. The normalized spacial score (nSPS) is 15.6. The molecule has 3 heterocycles. The molecular formula is C23H25F3N6O4. The molecule has 1 aliphatic heterocycles. The fraction of sp³-hybridized carbons (Fsp3) is 0.391. The molecule has 0 aliphatic carbocycles. The fourth-order valence-electron chi connectivity index (χ4n) is 3.78. The molecule has 2 aromatic heterocycles. The van der Waals surface area contributed by atoms with Crippen LogP contribution in [0.3, 0.4) is 0 Å². The number of carbonyl (C=O) groups is 1. The van der Waals surface area contributed by atoms with Crippen molar-refractivity contribution in [3.8, 4) is 6.01 Å². The number of rotatable bonds is 9. The molecule has 1 aromatic carbocycles. The maximum absolute atomic E-state index is 14.8. The van der Waals surface area contributed by atoms with Crippen LogP contribution in [0.2, 0.25) is 0 Å². The molecule has 1 unspecified atom stereocenters. The van der Waals surface area contributed by atoms with Gasteiger partial charge in [0.15, 0.2) is 6.29 Å². The second-order valence-corrected chi connectivity index (χ2v) is 8.02. The minimum absolute atomic E-state index is 0.0111. The van der Waals surface area contributed by atoms with Crippen LogP contribution in [0.25, 0.3) is 0 Å². The first-order chi connectivity index (χ1) is 17.3. The van der Waals surface area contributed by atoms with E-state index in [1.54, 1.807) is 20.0 Å². The molecule has 1 aliphatic rings. The molecule has 0 saturated carbocycles. The summed E-state index contributed by atoms with van der Waals surface area (Å²) in [5, 5.41) is 3.04. The highest BCUT2D eigenvalue weighted by molar-refractivity contribution is 5.90. The number of alkyl halides is 2. The van der Waals surface area contributed by atoms with Gasteiger partial charge < -0.3 is 19.5 Å². The number of halogens is 3. The van der Waals surface area contributed by atoms with Crippen molar-refractivity contribution in [2.75, 3.05) is 31.1 Å². The van der Waals surface area contributed by atoms with E-state index in [9.17, 15) is 18.0 Å². The number of imidazole rings is 1. The molecule has 3 aromatic rings. The molecule has 0 spiro atoms. The highest BCUT2D eigenvalue weighted by Crippen LogP contribution is 2.37. The molecule has 13 heteroatoms. The number of anilines is 1. The first-order valence-electron chi connectivity index (χ1n) is 11.1. The molecule has 0 radical (unpaired) electrons. The lowest BCUT2D eigenvalue weighted by molar-refractivity contribution is -0.118. The van der Waals surface area contributed by atoms with Crippen molar-refractivity contribution in [3.05, 3.63) is 65.1 Å². The number of nitrogens with zero attached hydrogens (tertiary/aromatic N) is 4. The van der Waals surface area contributed by atoms with E-state index in [4.69, 9.17) is 14.2 Å². The second kappa shape index (κ2) is 10.9. The van der Waals surface area contributed by atoms with E-state index in [0.29, 0.717) is 18.8 Å². The van der Waals surface area contributed by atoms with E-state index < -0.39 is 42.0 Å². The van der Waals surface area contributed by atoms with Crippen LogP contribution < -0.4 is 15.5 Å². The van der Waals surface area contributed by atoms with Gasteiger partial charge in [-0.1, -0.05) is 18.2 Å². The summed E-state index contributed by atoms with van der Waals surface area (Å²) in [7, 11) is 1.36. The summed E-state index contributed by atoms with van der Waals surface area (Å²) in [5.74, 6) is -2.11. The van der Waals surface area contributed by atoms with Gasteiger partial charge in [0.1, 0.15) is 18.0 Å². The maximum atomic E-state index is 14.8. The number of hydrogen-bond donors (Lipinski definition) is 2. The molecule has 2 N–H and O–H groups in total. The van der Waals surface area contributed by atoms with Crippen molar-refractivity contribution in [1.29, 1.82) is 0 Å². The predicted octanol–water partition coefficient (Wildman–Crippen LogP) is 3.85. The van der Waals surface area contributed by atoms with E-state index in [1.165, 1.54) is 36.4 Å². The topological polar surface area (TPSA) is 112 Å². The summed E-state index contributed by atoms with van der Waals surface area (Å²) in [6, 6.07) is 2.93. The summed E-state index contributed by atoms with van der Waals surface area (Å²) in [6.45, 7) is 3.82. The molecule has 4 rings (SSSR count). The number of hydrogen-bond acceptors (Lipinski definition) is 8. The Balaban J connectivity index is 1.74. The van der Waals surface area contributed by atoms with Crippen LogP contribution in [0, 0.1) is 5.82 Å². The van der Waals surface area contributed by atoms with Gasteiger partial charge in [-0.05, 0) is 13.8 Å². The van der Waals surface area contributed by atoms with Crippen LogP contribution in [0.15, 0.2) is 36.9 Å². The zero-order valence-corrected chi connectivity index (χ0v) is 19.7. The Labute approximate surface area is 204 Å². The number of ether oxygens (including phenoxy) is 3. The molecule has 1 fully saturated rings. The Morgan fingerprint density at radius 3 is 2.56 bits per heavy atom. The summed E-state index contributed by atoms with van der Waals surface area (Å²) in [4.78, 5) is 25.6. The molecule has 2 atom stereocenters. The van der Waals surface area contributed by atoms with Gasteiger partial charge in [-0.15, -0.1) is 0 Å². The van der Waals surface area contributed by atoms with Gasteiger partial charge >= 0.3 is 6.01 Å². The molecule has 192 valence electrons. The highest BCUT2D eigenvalue weighted by Gasteiger charge is 2.33. The van der Waals surface area contributed by atoms with Gasteiger partial charge in [0.25, 0.3) is 6.43 Å². The van der Waals surface area contributed by atoms with Crippen molar-refractivity contribution < 1.29 is 32.2 Å². The first kappa shape index (κ1) is 25.4. The maximum Gasteiger partial charge on any atom is 0.318 e. The molecule has 1 saturated heterocycles.